The smallest absolute Gasteiger partial charge is 0.118 e. The summed E-state index contributed by atoms with van der Waals surface area (Å²) in [6.45, 7) is 0. The number of aliphatic hydroxyl groups excluding tert-OH is 1. The van der Waals surface area contributed by atoms with Gasteiger partial charge in [-0.2, -0.15) is 5.10 Å². The van der Waals surface area contributed by atoms with E-state index < -0.39 is 0 Å². The normalized spacial score (nSPS) is 16.8. The lowest BCUT2D eigenvalue weighted by Crippen LogP contribution is -1.89. The molecule has 3 heteroatoms. The van der Waals surface area contributed by atoms with Crippen LogP contribution in [0.3, 0.4) is 0 Å². The van der Waals surface area contributed by atoms with Gasteiger partial charge >= 0.3 is 0 Å². The Kier molecular flexibility index (Phi) is 1.32. The number of hydrogen-bond acceptors (Lipinski definition) is 3. The highest BCUT2D eigenvalue weighted by Crippen LogP contribution is 1.89. The van der Waals surface area contributed by atoms with E-state index in [0.717, 1.165) is 0 Å². The lowest BCUT2D eigenvalue weighted by atomic mass is 10.4. The third kappa shape index (κ3) is 1.11. The molecule has 0 atom stereocenters. The number of nitrogens with one attached hydrogen (secondary N) is 1. The number of nitrogens with zero attached hydrogens (tertiary/aromatic N) is 1. The fraction of sp³-hybridized carbons (Fsp3) is 0. The second-order valence-corrected chi connectivity index (χ2v) is 1.33. The monoisotopic (exact) mass is 110 g/mol. The van der Waals surface area contributed by atoms with Crippen LogP contribution in [0.15, 0.2) is 29.2 Å². The molecule has 0 aromatic heterocycles. The van der Waals surface area contributed by atoms with Crippen molar-refractivity contribution in [2.75, 3.05) is 0 Å². The van der Waals surface area contributed by atoms with Gasteiger partial charge in [-0.15, -0.1) is 0 Å². The summed E-state index contributed by atoms with van der Waals surface area (Å²) in [5.41, 5.74) is 2.55. The van der Waals surface area contributed by atoms with Gasteiger partial charge in [0.1, 0.15) is 5.76 Å². The standard InChI is InChI=1S/C5H6N2O/c8-5-1-3-6-7-4-2-5/h1-4,6,8H. The molecule has 1 rings (SSSR count). The third-order valence-electron chi connectivity index (χ3n) is 0.723. The zero-order chi connectivity index (χ0) is 5.82. The Morgan fingerprint density at radius 2 is 2.50 bits per heavy atom. The molecule has 1 heterocycles. The number of allylic oxidation sites excluding steroid dienone is 2. The predicted octanol–water partition coefficient (Wildman–Crippen LogP) is 0.531. The van der Waals surface area contributed by atoms with Crippen LogP contribution >= 0.6 is 0 Å². The van der Waals surface area contributed by atoms with Crippen LogP contribution in [0.25, 0.3) is 0 Å². The summed E-state index contributed by atoms with van der Waals surface area (Å²) in [5, 5.41) is 12.4. The second kappa shape index (κ2) is 2.16. The van der Waals surface area contributed by atoms with E-state index in [-0.39, 0.29) is 5.76 Å². The summed E-state index contributed by atoms with van der Waals surface area (Å²) < 4.78 is 0. The molecule has 3 nitrogen and oxygen atoms in total. The van der Waals surface area contributed by atoms with E-state index in [4.69, 9.17) is 5.11 Å². The minimum absolute atomic E-state index is 0.207. The Morgan fingerprint density at radius 1 is 1.62 bits per heavy atom. The zero-order valence-electron chi connectivity index (χ0n) is 4.20. The Hall–Kier alpha value is -1.25. The number of hydrazone groups is 1. The van der Waals surface area contributed by atoms with E-state index in [9.17, 15) is 0 Å². The molecule has 0 aromatic carbocycles. The fourth-order valence-electron chi connectivity index (χ4n) is 0.378. The molecule has 0 fully saturated rings. The highest BCUT2D eigenvalue weighted by atomic mass is 16.3. The average Bonchev–Trinajstić information content (AvgIpc) is 1.94. The van der Waals surface area contributed by atoms with Crippen molar-refractivity contribution in [2.45, 2.75) is 0 Å². The molecule has 0 saturated carbocycles. The molecular weight excluding hydrogens is 104 g/mol. The molecule has 0 saturated heterocycles. The van der Waals surface area contributed by atoms with E-state index in [2.05, 4.69) is 10.5 Å². The van der Waals surface area contributed by atoms with Crippen molar-refractivity contribution in [1.82, 2.24) is 5.43 Å². The zero-order valence-corrected chi connectivity index (χ0v) is 4.20. The Balaban J connectivity index is 2.73. The van der Waals surface area contributed by atoms with Crippen molar-refractivity contribution in [1.29, 1.82) is 0 Å². The van der Waals surface area contributed by atoms with Crippen molar-refractivity contribution in [3.8, 4) is 0 Å². The van der Waals surface area contributed by atoms with E-state index in [0.29, 0.717) is 0 Å². The summed E-state index contributed by atoms with van der Waals surface area (Å²) in [6, 6.07) is 0. The fourth-order valence-corrected chi connectivity index (χ4v) is 0.378. The lowest BCUT2D eigenvalue weighted by Gasteiger charge is -1.81. The van der Waals surface area contributed by atoms with Crippen LogP contribution in [-0.2, 0) is 0 Å². The predicted molar refractivity (Wildman–Crippen MR) is 31.5 cm³/mol. The van der Waals surface area contributed by atoms with E-state index in [1.54, 1.807) is 6.20 Å². The van der Waals surface area contributed by atoms with Crippen LogP contribution in [0.1, 0.15) is 0 Å². The molecule has 8 heavy (non-hydrogen) atoms. The molecule has 1 aliphatic rings. The van der Waals surface area contributed by atoms with E-state index in [1.165, 1.54) is 18.4 Å². The van der Waals surface area contributed by atoms with Gasteiger partial charge in [-0.1, -0.05) is 0 Å². The Morgan fingerprint density at radius 3 is 3.38 bits per heavy atom. The summed E-state index contributed by atoms with van der Waals surface area (Å²) >= 11 is 0. The first-order valence-electron chi connectivity index (χ1n) is 2.24. The quantitative estimate of drug-likeness (QED) is 0.477. The van der Waals surface area contributed by atoms with Crippen LogP contribution in [0.4, 0.5) is 0 Å². The molecule has 42 valence electrons. The first kappa shape index (κ1) is 4.90. The van der Waals surface area contributed by atoms with Gasteiger partial charge in [-0.25, -0.2) is 0 Å². The van der Waals surface area contributed by atoms with Gasteiger partial charge in [-0.05, 0) is 12.2 Å². The average molecular weight is 110 g/mol. The van der Waals surface area contributed by atoms with Crippen LogP contribution in [0.2, 0.25) is 0 Å². The molecule has 0 bridgehead atoms. The van der Waals surface area contributed by atoms with Crippen LogP contribution in [0, 0.1) is 0 Å². The number of aliphatic hydroxyl groups is 1. The van der Waals surface area contributed by atoms with Gasteiger partial charge in [0.15, 0.2) is 0 Å². The molecule has 1 aliphatic heterocycles. The number of rotatable bonds is 0. The maximum absolute atomic E-state index is 8.73. The second-order valence-electron chi connectivity index (χ2n) is 1.33. The van der Waals surface area contributed by atoms with E-state index >= 15 is 0 Å². The van der Waals surface area contributed by atoms with Crippen molar-refractivity contribution < 1.29 is 5.11 Å². The Bertz CT molecular complexity index is 158. The molecule has 0 unspecified atom stereocenters. The largest absolute Gasteiger partial charge is 0.508 e. The molecule has 0 aromatic rings. The lowest BCUT2D eigenvalue weighted by molar-refractivity contribution is 0.433. The van der Waals surface area contributed by atoms with Crippen molar-refractivity contribution in [3.05, 3.63) is 24.1 Å². The summed E-state index contributed by atoms with van der Waals surface area (Å²) in [7, 11) is 0. The van der Waals surface area contributed by atoms with Gasteiger partial charge in [0.05, 0.1) is 6.21 Å². The topological polar surface area (TPSA) is 44.6 Å². The van der Waals surface area contributed by atoms with Gasteiger partial charge < -0.3 is 5.11 Å². The van der Waals surface area contributed by atoms with Crippen molar-refractivity contribution in [3.63, 3.8) is 0 Å². The number of hydrogen-bond donors (Lipinski definition) is 2. The first-order chi connectivity index (χ1) is 3.89. The minimum Gasteiger partial charge on any atom is -0.508 e. The minimum atomic E-state index is 0.207. The molecule has 0 aliphatic carbocycles. The Labute approximate surface area is 47.0 Å². The molecular formula is C5H6N2O. The van der Waals surface area contributed by atoms with Crippen LogP contribution in [-0.4, -0.2) is 11.3 Å². The maximum atomic E-state index is 8.73. The molecule has 0 radical (unpaired) electrons. The van der Waals surface area contributed by atoms with Crippen molar-refractivity contribution in [2.24, 2.45) is 5.10 Å². The highest BCUT2D eigenvalue weighted by Gasteiger charge is 1.82. The van der Waals surface area contributed by atoms with Gasteiger partial charge in [0.2, 0.25) is 0 Å². The van der Waals surface area contributed by atoms with Gasteiger partial charge in [0.25, 0.3) is 0 Å². The first-order valence-corrected chi connectivity index (χ1v) is 2.24. The van der Waals surface area contributed by atoms with Gasteiger partial charge in [-0.3, -0.25) is 5.43 Å². The third-order valence-corrected chi connectivity index (χ3v) is 0.723. The maximum Gasteiger partial charge on any atom is 0.118 e. The summed E-state index contributed by atoms with van der Waals surface area (Å²) in [6.07, 6.45) is 6.05. The van der Waals surface area contributed by atoms with Gasteiger partial charge in [0, 0.05) is 6.20 Å². The summed E-state index contributed by atoms with van der Waals surface area (Å²) in [4.78, 5) is 0. The van der Waals surface area contributed by atoms with Crippen LogP contribution in [0.5, 0.6) is 0 Å². The van der Waals surface area contributed by atoms with Crippen molar-refractivity contribution >= 4 is 6.21 Å². The highest BCUT2D eigenvalue weighted by molar-refractivity contribution is 5.72. The van der Waals surface area contributed by atoms with Crippen LogP contribution < -0.4 is 5.43 Å². The van der Waals surface area contributed by atoms with E-state index in [1.807, 2.05) is 0 Å². The summed E-state index contributed by atoms with van der Waals surface area (Å²) in [5.74, 6) is 0.207. The molecule has 0 spiro atoms. The molecule has 0 amide bonds. The SMILES string of the molecule is OC1=CC=NNC=C1. The molecule has 2 N–H and O–H groups in total.